The molecular weight excluding hydrogens is 250 g/mol. The van der Waals surface area contributed by atoms with Gasteiger partial charge in [-0.05, 0) is 30.5 Å². The summed E-state index contributed by atoms with van der Waals surface area (Å²) >= 11 is 0. The van der Waals surface area contributed by atoms with Crippen LogP contribution in [0.5, 0.6) is 0 Å². The summed E-state index contributed by atoms with van der Waals surface area (Å²) < 4.78 is 11.5. The molecule has 0 radical (unpaired) electrons. The van der Waals surface area contributed by atoms with Crippen LogP contribution in [0.1, 0.15) is 49.1 Å². The largest absolute Gasteiger partial charge is 0.459 e. The first-order valence-corrected chi connectivity index (χ1v) is 7.33. The van der Waals surface area contributed by atoms with E-state index in [1.807, 2.05) is 0 Å². The fraction of sp³-hybridized carbons (Fsp3) is 0.529. The van der Waals surface area contributed by atoms with Crippen LogP contribution in [-0.4, -0.2) is 13.7 Å². The average molecular weight is 275 g/mol. The van der Waals surface area contributed by atoms with E-state index in [0.29, 0.717) is 12.5 Å². The smallest absolute Gasteiger partial charge is 0.137 e. The molecule has 0 saturated heterocycles. The van der Waals surface area contributed by atoms with Gasteiger partial charge >= 0.3 is 0 Å². The van der Waals surface area contributed by atoms with Gasteiger partial charge in [-0.25, -0.2) is 0 Å². The molecule has 1 heterocycles. The first-order chi connectivity index (χ1) is 9.60. The highest BCUT2D eigenvalue weighted by Gasteiger charge is 2.19. The van der Waals surface area contributed by atoms with Crippen LogP contribution in [0.2, 0.25) is 0 Å². The van der Waals surface area contributed by atoms with Gasteiger partial charge in [0, 0.05) is 18.1 Å². The molecule has 0 aliphatic rings. The molecule has 1 N–H and O–H groups in total. The second-order valence-corrected chi connectivity index (χ2v) is 5.55. The molecule has 0 bridgehead atoms. The van der Waals surface area contributed by atoms with E-state index in [0.717, 1.165) is 24.4 Å². The van der Waals surface area contributed by atoms with E-state index in [9.17, 15) is 0 Å². The number of methoxy groups -OCH3 is 1. The molecule has 3 nitrogen and oxygen atoms in total. The summed E-state index contributed by atoms with van der Waals surface area (Å²) in [7, 11) is 1.74. The van der Waals surface area contributed by atoms with Crippen molar-refractivity contribution in [2.45, 2.75) is 46.8 Å². The number of hydrogen-bond donors (Lipinski definition) is 1. The number of furan rings is 1. The molecule has 0 aliphatic carbocycles. The molecule has 2 aromatic rings. The number of rotatable bonds is 6. The zero-order chi connectivity index (χ0) is 14.7. The Morgan fingerprint density at radius 3 is 2.65 bits per heavy atom. The van der Waals surface area contributed by atoms with E-state index >= 15 is 0 Å². The van der Waals surface area contributed by atoms with Crippen LogP contribution in [0.15, 0.2) is 16.5 Å². The first-order valence-electron chi connectivity index (χ1n) is 7.33. The topological polar surface area (TPSA) is 34.4 Å². The second kappa shape index (κ2) is 6.42. The minimum Gasteiger partial charge on any atom is -0.459 e. The van der Waals surface area contributed by atoms with Gasteiger partial charge < -0.3 is 14.5 Å². The molecule has 3 heteroatoms. The Morgan fingerprint density at radius 1 is 1.30 bits per heavy atom. The Morgan fingerprint density at radius 2 is 2.05 bits per heavy atom. The third-order valence-corrected chi connectivity index (χ3v) is 3.70. The quantitative estimate of drug-likeness (QED) is 0.861. The summed E-state index contributed by atoms with van der Waals surface area (Å²) in [6.45, 7) is 10.9. The van der Waals surface area contributed by atoms with Gasteiger partial charge in [0.2, 0.25) is 0 Å². The molecule has 0 unspecified atom stereocenters. The fourth-order valence-corrected chi connectivity index (χ4v) is 2.63. The Labute approximate surface area is 121 Å². The zero-order valence-corrected chi connectivity index (χ0v) is 13.2. The highest BCUT2D eigenvalue weighted by Crippen LogP contribution is 2.35. The van der Waals surface area contributed by atoms with Gasteiger partial charge in [-0.1, -0.05) is 32.9 Å². The van der Waals surface area contributed by atoms with Crippen LogP contribution in [0.3, 0.4) is 0 Å². The highest BCUT2D eigenvalue weighted by molar-refractivity contribution is 5.88. The molecular formula is C17H25NO2. The maximum absolute atomic E-state index is 6.13. The van der Waals surface area contributed by atoms with E-state index in [4.69, 9.17) is 9.15 Å². The molecule has 0 fully saturated rings. The molecule has 110 valence electrons. The van der Waals surface area contributed by atoms with E-state index in [1.165, 1.54) is 22.1 Å². The molecule has 0 atom stereocenters. The van der Waals surface area contributed by atoms with Crippen LogP contribution in [0.25, 0.3) is 11.0 Å². The van der Waals surface area contributed by atoms with E-state index < -0.39 is 0 Å². The van der Waals surface area contributed by atoms with E-state index in [2.05, 4.69) is 45.1 Å². The summed E-state index contributed by atoms with van der Waals surface area (Å²) in [4.78, 5) is 0. The van der Waals surface area contributed by atoms with Crippen molar-refractivity contribution in [3.8, 4) is 0 Å². The lowest BCUT2D eigenvalue weighted by Gasteiger charge is -2.10. The lowest BCUT2D eigenvalue weighted by Crippen LogP contribution is -2.12. The van der Waals surface area contributed by atoms with Gasteiger partial charge in [-0.15, -0.1) is 0 Å². The summed E-state index contributed by atoms with van der Waals surface area (Å²) in [6, 6.07) is 4.36. The molecule has 0 spiro atoms. The third-order valence-electron chi connectivity index (χ3n) is 3.70. The Hall–Kier alpha value is -1.32. The number of fused-ring (bicyclic) bond motifs is 1. The van der Waals surface area contributed by atoms with Crippen molar-refractivity contribution in [2.24, 2.45) is 0 Å². The predicted octanol–water partition coefficient (Wildman–Crippen LogP) is 4.12. The van der Waals surface area contributed by atoms with Gasteiger partial charge in [-0.2, -0.15) is 0 Å². The minimum absolute atomic E-state index is 0.471. The van der Waals surface area contributed by atoms with Gasteiger partial charge in [0.1, 0.15) is 11.3 Å². The van der Waals surface area contributed by atoms with Gasteiger partial charge in [0.25, 0.3) is 0 Å². The summed E-state index contributed by atoms with van der Waals surface area (Å²) in [5.74, 6) is 1.47. The molecule has 0 aliphatic heterocycles. The molecule has 2 rings (SSSR count). The summed E-state index contributed by atoms with van der Waals surface area (Å²) in [5, 5.41) is 4.59. The Balaban J connectivity index is 2.66. The average Bonchev–Trinajstić information content (AvgIpc) is 2.77. The van der Waals surface area contributed by atoms with E-state index in [1.54, 1.807) is 7.11 Å². The number of hydrogen-bond acceptors (Lipinski definition) is 3. The van der Waals surface area contributed by atoms with Crippen LogP contribution in [0, 0.1) is 6.92 Å². The summed E-state index contributed by atoms with van der Waals surface area (Å²) in [6.07, 6.45) is 0. The van der Waals surface area contributed by atoms with E-state index in [-0.39, 0.29) is 0 Å². The van der Waals surface area contributed by atoms with Gasteiger partial charge in [0.05, 0.1) is 13.2 Å². The SMILES string of the molecule is CCNCc1oc2c(C)ccc(C(C)C)c2c1COC. The Kier molecular flexibility index (Phi) is 4.84. The van der Waals surface area contributed by atoms with Crippen LogP contribution in [-0.2, 0) is 17.9 Å². The molecule has 1 aromatic heterocycles. The van der Waals surface area contributed by atoms with Crippen molar-refractivity contribution in [1.29, 1.82) is 0 Å². The zero-order valence-electron chi connectivity index (χ0n) is 13.2. The molecule has 0 amide bonds. The normalized spacial score (nSPS) is 11.7. The highest BCUT2D eigenvalue weighted by atomic mass is 16.5. The van der Waals surface area contributed by atoms with Crippen molar-refractivity contribution >= 4 is 11.0 Å². The molecule has 1 aromatic carbocycles. The minimum atomic E-state index is 0.471. The maximum atomic E-state index is 6.13. The van der Waals surface area contributed by atoms with Crippen molar-refractivity contribution < 1.29 is 9.15 Å². The summed E-state index contributed by atoms with van der Waals surface area (Å²) in [5.41, 5.74) is 4.72. The van der Waals surface area contributed by atoms with Crippen LogP contribution < -0.4 is 5.32 Å². The van der Waals surface area contributed by atoms with Crippen molar-refractivity contribution in [3.05, 3.63) is 34.6 Å². The lowest BCUT2D eigenvalue weighted by molar-refractivity contribution is 0.183. The van der Waals surface area contributed by atoms with Crippen LogP contribution >= 0.6 is 0 Å². The maximum Gasteiger partial charge on any atom is 0.137 e. The monoisotopic (exact) mass is 275 g/mol. The second-order valence-electron chi connectivity index (χ2n) is 5.55. The molecule has 20 heavy (non-hydrogen) atoms. The third kappa shape index (κ3) is 2.74. The van der Waals surface area contributed by atoms with Crippen molar-refractivity contribution in [3.63, 3.8) is 0 Å². The lowest BCUT2D eigenvalue weighted by atomic mass is 9.94. The fourth-order valence-electron chi connectivity index (χ4n) is 2.63. The number of aryl methyl sites for hydroxylation is 1. The number of benzene rings is 1. The van der Waals surface area contributed by atoms with Crippen LogP contribution in [0.4, 0.5) is 0 Å². The first kappa shape index (κ1) is 15.1. The van der Waals surface area contributed by atoms with Crippen molar-refractivity contribution in [1.82, 2.24) is 5.32 Å². The predicted molar refractivity (Wildman–Crippen MR) is 83.1 cm³/mol. The number of ether oxygens (including phenoxy) is 1. The number of nitrogens with one attached hydrogen (secondary N) is 1. The molecule has 0 saturated carbocycles. The van der Waals surface area contributed by atoms with Gasteiger partial charge in [-0.3, -0.25) is 0 Å². The standard InChI is InChI=1S/C17H25NO2/c1-6-18-9-15-14(10-19-5)16-13(11(2)3)8-7-12(4)17(16)20-15/h7-8,11,18H,6,9-10H2,1-5H3. The van der Waals surface area contributed by atoms with Crippen molar-refractivity contribution in [2.75, 3.05) is 13.7 Å². The Bertz CT molecular complexity index is 584. The van der Waals surface area contributed by atoms with Gasteiger partial charge in [0.15, 0.2) is 0 Å².